The molecular formula is C20H25BrN6O3S. The number of ether oxygens (including phenoxy) is 1. The highest BCUT2D eigenvalue weighted by Gasteiger charge is 2.46. The maximum atomic E-state index is 11.7. The standard InChI is InChI=1S/C20H25BrN6O3S/c21-17-22-14-15(25-9-12-3-4-13(10-25)27(12)19(28)29)23-18(24-16(14)31-17)30-11-20-5-1-7-26(20)8-2-6-20/h12-13H,1-11H2,(H,28,29)/t12-,13+. The fraction of sp³-hybridized carbons (Fsp3) is 0.700. The molecule has 6 heterocycles. The zero-order valence-corrected chi connectivity index (χ0v) is 19.6. The molecule has 31 heavy (non-hydrogen) atoms. The summed E-state index contributed by atoms with van der Waals surface area (Å²) in [7, 11) is 0. The lowest BCUT2D eigenvalue weighted by atomic mass is 9.95. The van der Waals surface area contributed by atoms with Gasteiger partial charge in [0, 0.05) is 13.1 Å². The molecule has 4 fully saturated rings. The number of halogens is 1. The summed E-state index contributed by atoms with van der Waals surface area (Å²) in [5, 5.41) is 9.58. The molecule has 0 spiro atoms. The third-order valence-electron chi connectivity index (χ3n) is 7.48. The van der Waals surface area contributed by atoms with Gasteiger partial charge in [-0.1, -0.05) is 11.3 Å². The first-order valence-electron chi connectivity index (χ1n) is 11.0. The third-order valence-corrected chi connectivity index (χ3v) is 8.88. The van der Waals surface area contributed by atoms with Crippen LogP contribution >= 0.6 is 27.3 Å². The van der Waals surface area contributed by atoms with E-state index in [0.29, 0.717) is 25.7 Å². The fourth-order valence-corrected chi connectivity index (χ4v) is 7.39. The summed E-state index contributed by atoms with van der Waals surface area (Å²) >= 11 is 4.96. The van der Waals surface area contributed by atoms with E-state index >= 15 is 0 Å². The zero-order valence-electron chi connectivity index (χ0n) is 17.2. The fourth-order valence-electron chi connectivity index (χ4n) is 6.10. The molecule has 11 heteroatoms. The SMILES string of the molecule is O=C(O)N1[C@@H]2CC[C@H]1CN(c1nc(OCC34CCCN3CCC4)nc3sc(Br)nc13)C2. The first-order chi connectivity index (χ1) is 15.0. The van der Waals surface area contributed by atoms with Gasteiger partial charge in [0.25, 0.3) is 0 Å². The highest BCUT2D eigenvalue weighted by Crippen LogP contribution is 2.40. The first kappa shape index (κ1) is 19.9. The Morgan fingerprint density at radius 2 is 1.87 bits per heavy atom. The lowest BCUT2D eigenvalue weighted by Crippen LogP contribution is -2.55. The second-order valence-corrected chi connectivity index (χ2v) is 11.4. The Bertz CT molecular complexity index is 1010. The number of piperazine rings is 1. The van der Waals surface area contributed by atoms with E-state index in [9.17, 15) is 9.90 Å². The van der Waals surface area contributed by atoms with Crippen LogP contribution in [0.5, 0.6) is 6.01 Å². The number of aromatic nitrogens is 3. The van der Waals surface area contributed by atoms with Crippen molar-refractivity contribution in [3.05, 3.63) is 3.92 Å². The van der Waals surface area contributed by atoms with Crippen molar-refractivity contribution in [1.82, 2.24) is 24.8 Å². The molecule has 4 aliphatic heterocycles. The van der Waals surface area contributed by atoms with Gasteiger partial charge in [-0.2, -0.15) is 9.97 Å². The first-order valence-corrected chi connectivity index (χ1v) is 12.6. The van der Waals surface area contributed by atoms with Gasteiger partial charge in [-0.3, -0.25) is 9.80 Å². The van der Waals surface area contributed by atoms with Gasteiger partial charge in [0.05, 0.1) is 17.6 Å². The summed E-state index contributed by atoms with van der Waals surface area (Å²) in [6.07, 6.45) is 5.77. The minimum Gasteiger partial charge on any atom is -0.465 e. The molecule has 1 amide bonds. The van der Waals surface area contributed by atoms with E-state index in [0.717, 1.165) is 46.0 Å². The Labute approximate surface area is 192 Å². The molecule has 0 aromatic carbocycles. The smallest absolute Gasteiger partial charge is 0.407 e. The van der Waals surface area contributed by atoms with Crippen molar-refractivity contribution in [3.63, 3.8) is 0 Å². The van der Waals surface area contributed by atoms with Crippen LogP contribution in [0.3, 0.4) is 0 Å². The normalized spacial score (nSPS) is 27.3. The minimum absolute atomic E-state index is 0.00265. The summed E-state index contributed by atoms with van der Waals surface area (Å²) in [4.78, 5) is 32.9. The van der Waals surface area contributed by atoms with Gasteiger partial charge in [-0.25, -0.2) is 9.78 Å². The van der Waals surface area contributed by atoms with Crippen LogP contribution in [0.1, 0.15) is 38.5 Å². The summed E-state index contributed by atoms with van der Waals surface area (Å²) < 4.78 is 7.00. The number of hydrogen-bond donors (Lipinski definition) is 1. The molecule has 2 aromatic heterocycles. The Kier molecular flexibility index (Phi) is 4.77. The van der Waals surface area contributed by atoms with E-state index in [1.165, 1.54) is 37.0 Å². The average molecular weight is 509 g/mol. The molecule has 9 nitrogen and oxygen atoms in total. The van der Waals surface area contributed by atoms with Gasteiger partial charge in [0.15, 0.2) is 14.6 Å². The van der Waals surface area contributed by atoms with Crippen LogP contribution in [0.15, 0.2) is 3.92 Å². The van der Waals surface area contributed by atoms with Crippen molar-refractivity contribution in [2.75, 3.05) is 37.7 Å². The molecule has 0 radical (unpaired) electrons. The van der Waals surface area contributed by atoms with E-state index in [2.05, 4.69) is 35.7 Å². The van der Waals surface area contributed by atoms with E-state index in [-0.39, 0.29) is 17.6 Å². The van der Waals surface area contributed by atoms with Gasteiger partial charge in [-0.05, 0) is 67.5 Å². The van der Waals surface area contributed by atoms with Gasteiger partial charge in [0.1, 0.15) is 12.1 Å². The molecule has 2 bridgehead atoms. The van der Waals surface area contributed by atoms with Crippen molar-refractivity contribution in [2.24, 2.45) is 0 Å². The van der Waals surface area contributed by atoms with Crippen LogP contribution in [0, 0.1) is 0 Å². The quantitative estimate of drug-likeness (QED) is 0.672. The number of rotatable bonds is 4. The second kappa shape index (κ2) is 7.41. The van der Waals surface area contributed by atoms with Crippen LogP contribution in [-0.2, 0) is 0 Å². The summed E-state index contributed by atoms with van der Waals surface area (Å²) in [5.41, 5.74) is 0.896. The van der Waals surface area contributed by atoms with Crippen LogP contribution in [0.2, 0.25) is 0 Å². The van der Waals surface area contributed by atoms with Crippen LogP contribution in [0.25, 0.3) is 10.3 Å². The number of carboxylic acid groups (broad SMARTS) is 1. The van der Waals surface area contributed by atoms with Crippen molar-refractivity contribution < 1.29 is 14.6 Å². The Hall–Kier alpha value is -1.72. The number of fused-ring (bicyclic) bond motifs is 4. The molecule has 4 saturated heterocycles. The highest BCUT2D eigenvalue weighted by atomic mass is 79.9. The van der Waals surface area contributed by atoms with E-state index in [4.69, 9.17) is 9.72 Å². The molecule has 0 aliphatic carbocycles. The Morgan fingerprint density at radius 1 is 1.16 bits per heavy atom. The maximum absolute atomic E-state index is 11.7. The molecule has 4 aliphatic rings. The molecule has 1 N–H and O–H groups in total. The van der Waals surface area contributed by atoms with Gasteiger partial charge >= 0.3 is 12.1 Å². The van der Waals surface area contributed by atoms with Crippen molar-refractivity contribution in [3.8, 4) is 6.01 Å². The Balaban J connectivity index is 1.30. The topological polar surface area (TPSA) is 94.9 Å². The van der Waals surface area contributed by atoms with Gasteiger partial charge < -0.3 is 14.7 Å². The number of anilines is 1. The van der Waals surface area contributed by atoms with Crippen molar-refractivity contribution >= 4 is 49.5 Å². The number of thiazole rings is 1. The predicted molar refractivity (Wildman–Crippen MR) is 120 cm³/mol. The van der Waals surface area contributed by atoms with E-state index in [1.54, 1.807) is 4.90 Å². The molecular weight excluding hydrogens is 484 g/mol. The van der Waals surface area contributed by atoms with Crippen LogP contribution < -0.4 is 9.64 Å². The minimum atomic E-state index is -0.822. The van der Waals surface area contributed by atoms with E-state index < -0.39 is 6.09 Å². The number of nitrogens with zero attached hydrogens (tertiary/aromatic N) is 6. The molecule has 2 aromatic rings. The zero-order chi connectivity index (χ0) is 21.2. The molecule has 0 unspecified atom stereocenters. The summed E-state index contributed by atoms with van der Waals surface area (Å²) in [6, 6.07) is 0.397. The molecule has 6 rings (SSSR count). The lowest BCUT2D eigenvalue weighted by molar-refractivity contribution is 0.107. The van der Waals surface area contributed by atoms with Crippen LogP contribution in [-0.4, -0.2) is 86.4 Å². The summed E-state index contributed by atoms with van der Waals surface area (Å²) in [6.45, 7) is 4.19. The van der Waals surface area contributed by atoms with E-state index in [1.807, 2.05) is 0 Å². The van der Waals surface area contributed by atoms with Gasteiger partial charge in [-0.15, -0.1) is 0 Å². The second-order valence-electron chi connectivity index (χ2n) is 9.14. The van der Waals surface area contributed by atoms with Crippen molar-refractivity contribution in [1.29, 1.82) is 0 Å². The lowest BCUT2D eigenvalue weighted by Gasteiger charge is -2.40. The van der Waals surface area contributed by atoms with Crippen molar-refractivity contribution in [2.45, 2.75) is 56.1 Å². The number of carbonyl (C=O) groups is 1. The maximum Gasteiger partial charge on any atom is 0.407 e. The highest BCUT2D eigenvalue weighted by molar-refractivity contribution is 9.11. The molecule has 2 atom stereocenters. The largest absolute Gasteiger partial charge is 0.465 e. The Morgan fingerprint density at radius 3 is 2.55 bits per heavy atom. The average Bonchev–Trinajstić information content (AvgIpc) is 3.46. The molecule has 0 saturated carbocycles. The molecule has 166 valence electrons. The van der Waals surface area contributed by atoms with Gasteiger partial charge in [0.2, 0.25) is 0 Å². The number of hydrogen-bond acceptors (Lipinski definition) is 8. The monoisotopic (exact) mass is 508 g/mol. The predicted octanol–water partition coefficient (Wildman–Crippen LogP) is 3.19. The number of amides is 1. The summed E-state index contributed by atoms with van der Waals surface area (Å²) in [5.74, 6) is 0.760. The van der Waals surface area contributed by atoms with Crippen LogP contribution in [0.4, 0.5) is 10.6 Å². The third kappa shape index (κ3) is 3.27.